The zero-order chi connectivity index (χ0) is 15.2. The predicted molar refractivity (Wildman–Crippen MR) is 79.6 cm³/mol. The molecule has 2 aliphatic rings. The number of carbonyl (C=O) groups excluding carboxylic acids is 2. The van der Waals surface area contributed by atoms with Crippen molar-refractivity contribution >= 4 is 11.8 Å². The van der Waals surface area contributed by atoms with Crippen molar-refractivity contribution in [3.8, 4) is 0 Å². The minimum Gasteiger partial charge on any atom is -0.378 e. The fourth-order valence-corrected chi connectivity index (χ4v) is 2.96. The lowest BCUT2D eigenvalue weighted by Crippen LogP contribution is -2.49. The monoisotopic (exact) mass is 297 g/mol. The molecule has 2 heterocycles. The average Bonchev–Trinajstić information content (AvgIpc) is 2.52. The van der Waals surface area contributed by atoms with Crippen LogP contribution in [0.1, 0.15) is 32.6 Å². The van der Waals surface area contributed by atoms with E-state index in [0.29, 0.717) is 45.7 Å². The topological polar surface area (TPSA) is 75.9 Å². The highest BCUT2D eigenvalue weighted by Gasteiger charge is 2.31. The number of carbonyl (C=O) groups is 2. The van der Waals surface area contributed by atoms with Gasteiger partial charge in [0, 0.05) is 38.6 Å². The predicted octanol–water partition coefficient (Wildman–Crippen LogP) is 0.211. The Balaban J connectivity index is 1.84. The maximum absolute atomic E-state index is 12.5. The van der Waals surface area contributed by atoms with Gasteiger partial charge in [-0.25, -0.2) is 0 Å². The number of nitrogens with zero attached hydrogens (tertiary/aromatic N) is 2. The molecule has 0 saturated carbocycles. The van der Waals surface area contributed by atoms with Gasteiger partial charge in [-0.2, -0.15) is 0 Å². The Morgan fingerprint density at radius 2 is 1.95 bits per heavy atom. The summed E-state index contributed by atoms with van der Waals surface area (Å²) >= 11 is 0. The van der Waals surface area contributed by atoms with Gasteiger partial charge in [0.1, 0.15) is 0 Å². The minimum atomic E-state index is -0.0453. The second-order valence-electron chi connectivity index (χ2n) is 6.13. The molecule has 2 rings (SSSR count). The summed E-state index contributed by atoms with van der Waals surface area (Å²) in [4.78, 5) is 28.4. The fourth-order valence-electron chi connectivity index (χ4n) is 2.96. The van der Waals surface area contributed by atoms with Crippen LogP contribution in [0.25, 0.3) is 0 Å². The molecule has 2 N–H and O–H groups in total. The molecule has 2 saturated heterocycles. The lowest BCUT2D eigenvalue weighted by Gasteiger charge is -2.36. The Morgan fingerprint density at radius 3 is 2.62 bits per heavy atom. The lowest BCUT2D eigenvalue weighted by atomic mass is 9.95. The van der Waals surface area contributed by atoms with E-state index in [4.69, 9.17) is 10.5 Å². The van der Waals surface area contributed by atoms with Crippen molar-refractivity contribution in [1.82, 2.24) is 9.80 Å². The minimum absolute atomic E-state index is 0.0453. The summed E-state index contributed by atoms with van der Waals surface area (Å²) in [7, 11) is 0. The molecule has 0 aromatic heterocycles. The number of rotatable bonds is 4. The Kier molecular flexibility index (Phi) is 5.99. The van der Waals surface area contributed by atoms with Crippen LogP contribution < -0.4 is 5.73 Å². The number of piperidine rings is 1. The van der Waals surface area contributed by atoms with E-state index in [1.54, 1.807) is 0 Å². The number of amides is 2. The molecule has 6 heteroatoms. The van der Waals surface area contributed by atoms with Crippen LogP contribution in [-0.2, 0) is 14.3 Å². The van der Waals surface area contributed by atoms with Gasteiger partial charge in [0.15, 0.2) is 0 Å². The van der Waals surface area contributed by atoms with Crippen LogP contribution in [0.3, 0.4) is 0 Å². The Morgan fingerprint density at radius 1 is 1.24 bits per heavy atom. The summed E-state index contributed by atoms with van der Waals surface area (Å²) in [5.41, 5.74) is 5.70. The van der Waals surface area contributed by atoms with Gasteiger partial charge in [-0.1, -0.05) is 0 Å². The molecular weight excluding hydrogens is 270 g/mol. The van der Waals surface area contributed by atoms with Gasteiger partial charge in [0.05, 0.1) is 19.1 Å². The first kappa shape index (κ1) is 16.2. The highest BCUT2D eigenvalue weighted by atomic mass is 16.5. The first-order valence-electron chi connectivity index (χ1n) is 7.98. The van der Waals surface area contributed by atoms with E-state index in [0.717, 1.165) is 19.4 Å². The van der Waals surface area contributed by atoms with E-state index >= 15 is 0 Å². The number of likely N-dealkylation sites (tertiary alicyclic amines) is 1. The van der Waals surface area contributed by atoms with Crippen LogP contribution in [0.5, 0.6) is 0 Å². The average molecular weight is 297 g/mol. The largest absolute Gasteiger partial charge is 0.378 e. The second-order valence-corrected chi connectivity index (χ2v) is 6.13. The Labute approximate surface area is 126 Å². The molecule has 0 spiro atoms. The molecule has 0 radical (unpaired) electrons. The van der Waals surface area contributed by atoms with Crippen molar-refractivity contribution in [2.45, 2.75) is 38.6 Å². The van der Waals surface area contributed by atoms with Gasteiger partial charge < -0.3 is 20.3 Å². The van der Waals surface area contributed by atoms with Gasteiger partial charge in [-0.15, -0.1) is 0 Å². The normalized spacial score (nSPS) is 24.8. The van der Waals surface area contributed by atoms with E-state index in [2.05, 4.69) is 0 Å². The van der Waals surface area contributed by atoms with Gasteiger partial charge in [0.2, 0.25) is 11.8 Å². The molecule has 0 aromatic rings. The number of hydrogen-bond acceptors (Lipinski definition) is 4. The molecule has 6 nitrogen and oxygen atoms in total. The summed E-state index contributed by atoms with van der Waals surface area (Å²) in [5, 5.41) is 0. The van der Waals surface area contributed by atoms with Crippen LogP contribution in [0, 0.1) is 5.92 Å². The number of hydrogen-bond donors (Lipinski definition) is 1. The zero-order valence-corrected chi connectivity index (χ0v) is 12.9. The summed E-state index contributed by atoms with van der Waals surface area (Å²) in [5.74, 6) is 0.269. The number of ether oxygens (including phenoxy) is 1. The van der Waals surface area contributed by atoms with Crippen molar-refractivity contribution in [3.63, 3.8) is 0 Å². The van der Waals surface area contributed by atoms with Gasteiger partial charge in [-0.3, -0.25) is 9.59 Å². The van der Waals surface area contributed by atoms with Gasteiger partial charge in [0.25, 0.3) is 0 Å². The van der Waals surface area contributed by atoms with E-state index < -0.39 is 0 Å². The van der Waals surface area contributed by atoms with Crippen LogP contribution in [0.15, 0.2) is 0 Å². The highest BCUT2D eigenvalue weighted by molar-refractivity contribution is 5.81. The molecule has 2 amide bonds. The van der Waals surface area contributed by atoms with Crippen molar-refractivity contribution in [1.29, 1.82) is 0 Å². The summed E-state index contributed by atoms with van der Waals surface area (Å²) in [6.45, 7) is 5.83. The zero-order valence-electron chi connectivity index (χ0n) is 12.9. The molecule has 2 aliphatic heterocycles. The molecule has 0 bridgehead atoms. The molecular formula is C15H27N3O3. The first-order chi connectivity index (χ1) is 10.1. The molecule has 0 aliphatic carbocycles. The lowest BCUT2D eigenvalue weighted by molar-refractivity contribution is -0.144. The van der Waals surface area contributed by atoms with Crippen LogP contribution in [0.4, 0.5) is 0 Å². The van der Waals surface area contributed by atoms with Crippen LogP contribution in [-0.4, -0.2) is 67.0 Å². The van der Waals surface area contributed by atoms with Gasteiger partial charge >= 0.3 is 0 Å². The standard InChI is InChI=1S/C15H27N3O3/c1-12(16)4-5-14(19)18-6-2-3-13(11-18)15(20)17-7-9-21-10-8-17/h12-13H,2-11,16H2,1H3. The van der Waals surface area contributed by atoms with Crippen molar-refractivity contribution in [2.24, 2.45) is 11.7 Å². The quantitative estimate of drug-likeness (QED) is 0.805. The molecule has 2 fully saturated rings. The van der Waals surface area contributed by atoms with E-state index in [9.17, 15) is 9.59 Å². The smallest absolute Gasteiger partial charge is 0.227 e. The summed E-state index contributed by atoms with van der Waals surface area (Å²) < 4.78 is 5.28. The fraction of sp³-hybridized carbons (Fsp3) is 0.867. The number of nitrogens with two attached hydrogens (primary N) is 1. The molecule has 2 unspecified atom stereocenters. The molecule has 120 valence electrons. The highest BCUT2D eigenvalue weighted by Crippen LogP contribution is 2.20. The third kappa shape index (κ3) is 4.68. The van der Waals surface area contributed by atoms with Crippen molar-refractivity contribution in [2.75, 3.05) is 39.4 Å². The Hall–Kier alpha value is -1.14. The van der Waals surface area contributed by atoms with Crippen LogP contribution in [0.2, 0.25) is 0 Å². The molecule has 21 heavy (non-hydrogen) atoms. The summed E-state index contributed by atoms with van der Waals surface area (Å²) in [6, 6.07) is 0.0459. The molecule has 2 atom stereocenters. The maximum Gasteiger partial charge on any atom is 0.227 e. The molecule has 0 aromatic carbocycles. The first-order valence-corrected chi connectivity index (χ1v) is 7.98. The maximum atomic E-state index is 12.5. The third-order valence-electron chi connectivity index (χ3n) is 4.26. The van der Waals surface area contributed by atoms with Crippen molar-refractivity contribution < 1.29 is 14.3 Å². The SMILES string of the molecule is CC(N)CCC(=O)N1CCCC(C(=O)N2CCOCC2)C1. The number of morpholine rings is 1. The summed E-state index contributed by atoms with van der Waals surface area (Å²) in [6.07, 6.45) is 2.98. The Bertz CT molecular complexity index is 367. The second kappa shape index (κ2) is 7.75. The van der Waals surface area contributed by atoms with Crippen molar-refractivity contribution in [3.05, 3.63) is 0 Å². The third-order valence-corrected chi connectivity index (χ3v) is 4.26. The van der Waals surface area contributed by atoms with E-state index in [1.807, 2.05) is 16.7 Å². The van der Waals surface area contributed by atoms with E-state index in [-0.39, 0.29) is 23.8 Å². The van der Waals surface area contributed by atoms with E-state index in [1.165, 1.54) is 0 Å². The van der Waals surface area contributed by atoms with Gasteiger partial charge in [-0.05, 0) is 26.2 Å². The van der Waals surface area contributed by atoms with Crippen LogP contribution >= 0.6 is 0 Å².